The highest BCUT2D eigenvalue weighted by molar-refractivity contribution is 6.08. The van der Waals surface area contributed by atoms with Crippen molar-refractivity contribution >= 4 is 28.9 Å². The molecule has 3 aliphatic heterocycles. The molecule has 0 unspecified atom stereocenters. The number of aromatic nitrogens is 1. The molecule has 6 nitrogen and oxygen atoms in total. The van der Waals surface area contributed by atoms with Crippen molar-refractivity contribution in [2.45, 2.75) is 32.1 Å². The summed E-state index contributed by atoms with van der Waals surface area (Å²) in [4.78, 5) is 20.0. The molecule has 6 heteroatoms. The van der Waals surface area contributed by atoms with Gasteiger partial charge in [-0.25, -0.2) is 4.98 Å². The van der Waals surface area contributed by atoms with E-state index >= 15 is 0 Å². The van der Waals surface area contributed by atoms with Gasteiger partial charge in [0.05, 0.1) is 11.3 Å². The minimum Gasteiger partial charge on any atom is -0.388 e. The molecule has 0 saturated carbocycles. The van der Waals surface area contributed by atoms with E-state index < -0.39 is 0 Å². The number of benzene rings is 1. The van der Waals surface area contributed by atoms with E-state index in [4.69, 9.17) is 0 Å². The van der Waals surface area contributed by atoms with Crippen LogP contribution in [0.5, 0.6) is 0 Å². The molecule has 1 fully saturated rings. The molecule has 4 heterocycles. The third-order valence-electron chi connectivity index (χ3n) is 5.82. The lowest BCUT2D eigenvalue weighted by Crippen LogP contribution is -2.35. The van der Waals surface area contributed by atoms with Crippen molar-refractivity contribution in [1.29, 1.82) is 0 Å². The number of amides is 1. The lowest BCUT2D eigenvalue weighted by atomic mass is 9.91. The first-order chi connectivity index (χ1) is 13.7. The van der Waals surface area contributed by atoms with E-state index in [-0.39, 0.29) is 5.91 Å². The summed E-state index contributed by atoms with van der Waals surface area (Å²) in [5.41, 5.74) is 2.72. The molecule has 1 aromatic carbocycles. The fourth-order valence-electron chi connectivity index (χ4n) is 4.16. The molecule has 1 aromatic heterocycles. The second-order valence-electron chi connectivity index (χ2n) is 7.70. The number of carbonyl (C=O) groups is 1. The van der Waals surface area contributed by atoms with Crippen LogP contribution in [0, 0.1) is 5.92 Å². The fourth-order valence-corrected chi connectivity index (χ4v) is 4.16. The quantitative estimate of drug-likeness (QED) is 0.693. The van der Waals surface area contributed by atoms with E-state index in [0.29, 0.717) is 11.4 Å². The van der Waals surface area contributed by atoms with Crippen LogP contribution in [0.25, 0.3) is 0 Å². The monoisotopic (exact) mass is 379 g/mol. The normalized spacial score (nSPS) is 18.2. The first-order valence-electron chi connectivity index (χ1n) is 10.3. The van der Waals surface area contributed by atoms with E-state index in [9.17, 15) is 4.79 Å². The molecule has 4 bridgehead atoms. The van der Waals surface area contributed by atoms with Crippen LogP contribution in [-0.4, -0.2) is 37.6 Å². The molecule has 0 radical (unpaired) electrons. The second-order valence-corrected chi connectivity index (χ2v) is 7.70. The van der Waals surface area contributed by atoms with E-state index in [0.717, 1.165) is 49.2 Å². The molecule has 0 atom stereocenters. The molecule has 28 heavy (non-hydrogen) atoms. The van der Waals surface area contributed by atoms with Crippen LogP contribution in [0.2, 0.25) is 0 Å². The standard InChI is InChI=1S/C22H29N5O/c1-23-17-8-9-18-19(15-17)27-13-10-16(11-14-27)5-2-3-12-24-20-6-4-7-21(25-20)26-22(18)28/h4,6-9,15-16,23H,2-3,5,10-14H2,1H3,(H2,24,25,26,28). The van der Waals surface area contributed by atoms with Crippen molar-refractivity contribution in [2.24, 2.45) is 5.92 Å². The van der Waals surface area contributed by atoms with Crippen molar-refractivity contribution in [3.8, 4) is 0 Å². The van der Waals surface area contributed by atoms with Gasteiger partial charge in [0, 0.05) is 32.4 Å². The Labute approximate surface area is 166 Å². The van der Waals surface area contributed by atoms with Gasteiger partial charge >= 0.3 is 0 Å². The van der Waals surface area contributed by atoms with Crippen LogP contribution in [0.3, 0.4) is 0 Å². The van der Waals surface area contributed by atoms with Crippen molar-refractivity contribution in [2.75, 3.05) is 47.5 Å². The first kappa shape index (κ1) is 18.6. The maximum Gasteiger partial charge on any atom is 0.258 e. The Morgan fingerprint density at radius 1 is 1.07 bits per heavy atom. The molecule has 5 rings (SSSR count). The molecular weight excluding hydrogens is 350 g/mol. The van der Waals surface area contributed by atoms with Crippen molar-refractivity contribution < 1.29 is 4.79 Å². The minimum atomic E-state index is -0.114. The molecule has 2 aromatic rings. The van der Waals surface area contributed by atoms with Crippen LogP contribution >= 0.6 is 0 Å². The SMILES string of the molecule is CNc1ccc2c(c1)N1CCC(CCCCNc3cccc(n3)NC2=O)CC1. The van der Waals surface area contributed by atoms with Gasteiger partial charge in [0.2, 0.25) is 0 Å². The molecule has 3 N–H and O–H groups in total. The van der Waals surface area contributed by atoms with Crippen LogP contribution < -0.4 is 20.9 Å². The Balaban J connectivity index is 1.67. The Hall–Kier alpha value is -2.76. The number of fused-ring (bicyclic) bond motifs is 7. The molecule has 1 saturated heterocycles. The number of hydrogen-bond donors (Lipinski definition) is 3. The van der Waals surface area contributed by atoms with E-state index in [1.165, 1.54) is 25.7 Å². The summed E-state index contributed by atoms with van der Waals surface area (Å²) >= 11 is 0. The van der Waals surface area contributed by atoms with Gasteiger partial charge in [-0.2, -0.15) is 0 Å². The summed E-state index contributed by atoms with van der Waals surface area (Å²) in [7, 11) is 1.91. The Morgan fingerprint density at radius 2 is 1.89 bits per heavy atom. The predicted octanol–water partition coefficient (Wildman–Crippen LogP) is 4.19. The molecule has 148 valence electrons. The molecule has 1 amide bonds. The Bertz CT molecular complexity index is 829. The van der Waals surface area contributed by atoms with E-state index in [1.807, 2.05) is 37.4 Å². The summed E-state index contributed by atoms with van der Waals surface area (Å²) in [6, 6.07) is 11.6. The number of piperidine rings is 1. The van der Waals surface area contributed by atoms with Gasteiger partial charge in [0.25, 0.3) is 5.91 Å². The zero-order chi connectivity index (χ0) is 19.3. The number of carbonyl (C=O) groups excluding carboxylic acids is 1. The largest absolute Gasteiger partial charge is 0.388 e. The lowest BCUT2D eigenvalue weighted by molar-refractivity contribution is 0.102. The molecule has 3 aliphatic rings. The van der Waals surface area contributed by atoms with Gasteiger partial charge in [-0.05, 0) is 55.5 Å². The summed E-state index contributed by atoms with van der Waals surface area (Å²) in [6.07, 6.45) is 6.06. The van der Waals surface area contributed by atoms with Gasteiger partial charge in [-0.3, -0.25) is 4.79 Å². The average molecular weight is 380 g/mol. The highest BCUT2D eigenvalue weighted by atomic mass is 16.1. The summed E-state index contributed by atoms with van der Waals surface area (Å²) in [5.74, 6) is 2.05. The molecule has 0 aliphatic carbocycles. The van der Waals surface area contributed by atoms with Crippen LogP contribution in [0.4, 0.5) is 23.0 Å². The first-order valence-corrected chi connectivity index (χ1v) is 10.3. The smallest absolute Gasteiger partial charge is 0.258 e. The van der Waals surface area contributed by atoms with Gasteiger partial charge in [-0.15, -0.1) is 0 Å². The van der Waals surface area contributed by atoms with E-state index in [1.54, 1.807) is 0 Å². The van der Waals surface area contributed by atoms with Gasteiger partial charge in [-0.1, -0.05) is 18.9 Å². The second kappa shape index (κ2) is 8.50. The number of nitrogens with one attached hydrogen (secondary N) is 3. The fraction of sp³-hybridized carbons (Fsp3) is 0.455. The molecular formula is C22H29N5O. The summed E-state index contributed by atoms with van der Waals surface area (Å²) < 4.78 is 0. The van der Waals surface area contributed by atoms with Crippen LogP contribution in [0.1, 0.15) is 42.5 Å². The number of pyridine rings is 1. The maximum atomic E-state index is 13.1. The van der Waals surface area contributed by atoms with E-state index in [2.05, 4.69) is 31.9 Å². The zero-order valence-electron chi connectivity index (χ0n) is 16.5. The van der Waals surface area contributed by atoms with Crippen molar-refractivity contribution in [3.63, 3.8) is 0 Å². The summed E-state index contributed by atoms with van der Waals surface area (Å²) in [5, 5.41) is 9.55. The minimum absolute atomic E-state index is 0.114. The Kier molecular flexibility index (Phi) is 5.65. The average Bonchev–Trinajstić information content (AvgIpc) is 2.73. The van der Waals surface area contributed by atoms with Crippen LogP contribution in [0.15, 0.2) is 36.4 Å². The number of hydrogen-bond acceptors (Lipinski definition) is 5. The third kappa shape index (κ3) is 4.21. The van der Waals surface area contributed by atoms with Gasteiger partial charge < -0.3 is 20.9 Å². The lowest BCUT2D eigenvalue weighted by Gasteiger charge is -2.35. The van der Waals surface area contributed by atoms with Gasteiger partial charge in [0.1, 0.15) is 11.6 Å². The Morgan fingerprint density at radius 3 is 2.71 bits per heavy atom. The van der Waals surface area contributed by atoms with Crippen molar-refractivity contribution in [3.05, 3.63) is 42.0 Å². The van der Waals surface area contributed by atoms with Gasteiger partial charge in [0.15, 0.2) is 0 Å². The maximum absolute atomic E-state index is 13.1. The zero-order valence-corrected chi connectivity index (χ0v) is 16.5. The topological polar surface area (TPSA) is 69.3 Å². The third-order valence-corrected chi connectivity index (χ3v) is 5.82. The molecule has 0 spiro atoms. The highest BCUT2D eigenvalue weighted by Crippen LogP contribution is 2.31. The van der Waals surface area contributed by atoms with Crippen LogP contribution in [-0.2, 0) is 0 Å². The predicted molar refractivity (Wildman–Crippen MR) is 115 cm³/mol. The number of nitrogens with zero attached hydrogens (tertiary/aromatic N) is 2. The summed E-state index contributed by atoms with van der Waals surface area (Å²) in [6.45, 7) is 2.92. The van der Waals surface area contributed by atoms with Crippen molar-refractivity contribution in [1.82, 2.24) is 4.98 Å². The highest BCUT2D eigenvalue weighted by Gasteiger charge is 2.23. The number of rotatable bonds is 1. The number of anilines is 4.